The second kappa shape index (κ2) is 8.39. The van der Waals surface area contributed by atoms with Gasteiger partial charge in [-0.3, -0.25) is 4.90 Å². The van der Waals surface area contributed by atoms with Crippen LogP contribution < -0.4 is 0 Å². The van der Waals surface area contributed by atoms with Crippen molar-refractivity contribution in [2.75, 3.05) is 39.5 Å². The van der Waals surface area contributed by atoms with E-state index >= 15 is 0 Å². The quantitative estimate of drug-likeness (QED) is 0.804. The van der Waals surface area contributed by atoms with Gasteiger partial charge in [-0.15, -0.1) is 0 Å². The monoisotopic (exact) mass is 359 g/mol. The molecule has 0 saturated carbocycles. The SMILES string of the molecule is Cc1ccccc1CN1CCC2(CC1)C[C@@H](OCC1CCOCC1)CO2. The van der Waals surface area contributed by atoms with Gasteiger partial charge in [-0.05, 0) is 49.7 Å². The van der Waals surface area contributed by atoms with Crippen LogP contribution in [0.2, 0.25) is 0 Å². The maximum atomic E-state index is 6.28. The number of likely N-dealkylation sites (tertiary alicyclic amines) is 1. The highest BCUT2D eigenvalue weighted by Gasteiger charge is 2.43. The summed E-state index contributed by atoms with van der Waals surface area (Å²) in [5, 5.41) is 0. The topological polar surface area (TPSA) is 30.9 Å². The molecule has 1 aromatic carbocycles. The zero-order valence-corrected chi connectivity index (χ0v) is 16.1. The summed E-state index contributed by atoms with van der Waals surface area (Å²) >= 11 is 0. The second-order valence-corrected chi connectivity index (χ2v) is 8.41. The summed E-state index contributed by atoms with van der Waals surface area (Å²) in [6, 6.07) is 8.73. The number of ether oxygens (including phenoxy) is 3. The Morgan fingerprint density at radius 3 is 2.69 bits per heavy atom. The van der Waals surface area contributed by atoms with Crippen molar-refractivity contribution >= 4 is 0 Å². The van der Waals surface area contributed by atoms with E-state index in [-0.39, 0.29) is 5.60 Å². The average molecular weight is 360 g/mol. The summed E-state index contributed by atoms with van der Waals surface area (Å²) < 4.78 is 17.9. The molecular formula is C22H33NO3. The molecule has 4 rings (SSSR count). The second-order valence-electron chi connectivity index (χ2n) is 8.41. The van der Waals surface area contributed by atoms with Crippen LogP contribution in [0, 0.1) is 12.8 Å². The fraction of sp³-hybridized carbons (Fsp3) is 0.727. The molecule has 3 heterocycles. The van der Waals surface area contributed by atoms with Crippen molar-refractivity contribution in [3.63, 3.8) is 0 Å². The van der Waals surface area contributed by atoms with Gasteiger partial charge in [0.15, 0.2) is 0 Å². The van der Waals surface area contributed by atoms with E-state index < -0.39 is 0 Å². The normalized spacial score (nSPS) is 27.2. The van der Waals surface area contributed by atoms with Gasteiger partial charge in [0, 0.05) is 39.3 Å². The van der Waals surface area contributed by atoms with E-state index in [4.69, 9.17) is 14.2 Å². The van der Waals surface area contributed by atoms with Gasteiger partial charge < -0.3 is 14.2 Å². The lowest BCUT2D eigenvalue weighted by Crippen LogP contribution is -2.44. The highest BCUT2D eigenvalue weighted by Crippen LogP contribution is 2.37. The molecule has 4 nitrogen and oxygen atoms in total. The van der Waals surface area contributed by atoms with Crippen molar-refractivity contribution < 1.29 is 14.2 Å². The molecule has 0 amide bonds. The minimum Gasteiger partial charge on any atom is -0.381 e. The molecule has 144 valence electrons. The van der Waals surface area contributed by atoms with Gasteiger partial charge in [0.1, 0.15) is 0 Å². The van der Waals surface area contributed by atoms with Crippen LogP contribution in [-0.2, 0) is 20.8 Å². The van der Waals surface area contributed by atoms with Gasteiger partial charge in [0.25, 0.3) is 0 Å². The number of aryl methyl sites for hydroxylation is 1. The Morgan fingerprint density at radius 2 is 1.92 bits per heavy atom. The molecule has 1 spiro atoms. The Kier molecular flexibility index (Phi) is 5.94. The van der Waals surface area contributed by atoms with E-state index in [0.717, 1.165) is 78.2 Å². The van der Waals surface area contributed by atoms with Crippen LogP contribution in [0.25, 0.3) is 0 Å². The first-order valence-electron chi connectivity index (χ1n) is 10.3. The predicted octanol–water partition coefficient (Wildman–Crippen LogP) is 3.56. The smallest absolute Gasteiger partial charge is 0.0836 e. The largest absolute Gasteiger partial charge is 0.381 e. The highest BCUT2D eigenvalue weighted by atomic mass is 16.6. The minimum absolute atomic E-state index is 0.0720. The fourth-order valence-electron chi connectivity index (χ4n) is 4.59. The zero-order chi connectivity index (χ0) is 17.8. The highest BCUT2D eigenvalue weighted by molar-refractivity contribution is 5.25. The van der Waals surface area contributed by atoms with E-state index in [1.54, 1.807) is 0 Å². The summed E-state index contributed by atoms with van der Waals surface area (Å²) in [7, 11) is 0. The number of nitrogens with zero attached hydrogens (tertiary/aromatic N) is 1. The van der Waals surface area contributed by atoms with Crippen molar-refractivity contribution in [1.82, 2.24) is 4.90 Å². The van der Waals surface area contributed by atoms with Crippen LogP contribution in [0.4, 0.5) is 0 Å². The lowest BCUT2D eigenvalue weighted by molar-refractivity contribution is -0.0479. The molecule has 3 aliphatic rings. The molecular weight excluding hydrogens is 326 g/mol. The van der Waals surface area contributed by atoms with E-state index in [2.05, 4.69) is 36.1 Å². The number of rotatable bonds is 5. The number of hydrogen-bond acceptors (Lipinski definition) is 4. The third kappa shape index (κ3) is 4.48. The Morgan fingerprint density at radius 1 is 1.15 bits per heavy atom. The van der Waals surface area contributed by atoms with Gasteiger partial charge in [0.05, 0.1) is 24.9 Å². The van der Waals surface area contributed by atoms with E-state index in [0.29, 0.717) is 12.0 Å². The summed E-state index contributed by atoms with van der Waals surface area (Å²) in [5.74, 6) is 0.677. The molecule has 0 bridgehead atoms. The van der Waals surface area contributed by atoms with Gasteiger partial charge >= 0.3 is 0 Å². The minimum atomic E-state index is 0.0720. The maximum Gasteiger partial charge on any atom is 0.0836 e. The molecule has 1 aromatic rings. The molecule has 0 N–H and O–H groups in total. The lowest BCUT2D eigenvalue weighted by atomic mass is 9.87. The van der Waals surface area contributed by atoms with E-state index in [1.807, 2.05) is 0 Å². The van der Waals surface area contributed by atoms with Crippen LogP contribution in [0.15, 0.2) is 24.3 Å². The van der Waals surface area contributed by atoms with Crippen molar-refractivity contribution in [2.24, 2.45) is 5.92 Å². The summed E-state index contributed by atoms with van der Waals surface area (Å²) in [4.78, 5) is 2.58. The molecule has 3 saturated heterocycles. The molecule has 4 heteroatoms. The maximum absolute atomic E-state index is 6.28. The van der Waals surface area contributed by atoms with E-state index in [9.17, 15) is 0 Å². The molecule has 0 aromatic heterocycles. The Bertz CT molecular complexity index is 577. The van der Waals surface area contributed by atoms with Gasteiger partial charge in [-0.1, -0.05) is 24.3 Å². The molecule has 26 heavy (non-hydrogen) atoms. The van der Waals surface area contributed by atoms with Gasteiger partial charge in [0.2, 0.25) is 0 Å². The zero-order valence-electron chi connectivity index (χ0n) is 16.1. The molecule has 0 radical (unpaired) electrons. The third-order valence-corrected chi connectivity index (χ3v) is 6.51. The van der Waals surface area contributed by atoms with Crippen LogP contribution in [0.1, 0.15) is 43.2 Å². The Balaban J connectivity index is 1.22. The first kappa shape index (κ1) is 18.4. The number of piperidine rings is 1. The Labute approximate surface area is 157 Å². The average Bonchev–Trinajstić information content (AvgIpc) is 3.08. The summed E-state index contributed by atoms with van der Waals surface area (Å²) in [5.41, 5.74) is 2.92. The standard InChI is InChI=1S/C22H33NO3/c1-18-4-2-3-5-20(18)15-23-10-8-22(9-11-23)14-21(17-26-22)25-16-19-6-12-24-13-7-19/h2-5,19,21H,6-17H2,1H3/t21-/m1/s1. The van der Waals surface area contributed by atoms with Gasteiger partial charge in [-0.2, -0.15) is 0 Å². The molecule has 3 fully saturated rings. The molecule has 1 atom stereocenters. The van der Waals surface area contributed by atoms with E-state index in [1.165, 1.54) is 11.1 Å². The van der Waals surface area contributed by atoms with Crippen LogP contribution in [-0.4, -0.2) is 56.1 Å². The van der Waals surface area contributed by atoms with Crippen LogP contribution >= 0.6 is 0 Å². The van der Waals surface area contributed by atoms with Gasteiger partial charge in [-0.25, -0.2) is 0 Å². The van der Waals surface area contributed by atoms with Crippen LogP contribution in [0.5, 0.6) is 0 Å². The van der Waals surface area contributed by atoms with Crippen molar-refractivity contribution in [2.45, 2.75) is 57.3 Å². The molecule has 0 aliphatic carbocycles. The van der Waals surface area contributed by atoms with Crippen molar-refractivity contribution in [3.8, 4) is 0 Å². The molecule has 3 aliphatic heterocycles. The lowest BCUT2D eigenvalue weighted by Gasteiger charge is -2.38. The molecule has 0 unspecified atom stereocenters. The van der Waals surface area contributed by atoms with Crippen molar-refractivity contribution in [3.05, 3.63) is 35.4 Å². The van der Waals surface area contributed by atoms with Crippen molar-refractivity contribution in [1.29, 1.82) is 0 Å². The summed E-state index contributed by atoms with van der Waals surface area (Å²) in [6.07, 6.45) is 5.93. The van der Waals surface area contributed by atoms with Crippen LogP contribution in [0.3, 0.4) is 0 Å². The number of hydrogen-bond donors (Lipinski definition) is 0. The Hall–Kier alpha value is -0.940. The summed E-state index contributed by atoms with van der Waals surface area (Å²) in [6.45, 7) is 8.98. The first-order chi connectivity index (χ1) is 12.7. The first-order valence-corrected chi connectivity index (χ1v) is 10.3. The predicted molar refractivity (Wildman–Crippen MR) is 102 cm³/mol. The third-order valence-electron chi connectivity index (χ3n) is 6.51. The number of benzene rings is 1. The fourth-order valence-corrected chi connectivity index (χ4v) is 4.59.